The second-order valence-corrected chi connectivity index (χ2v) is 9.18. The second-order valence-electron chi connectivity index (χ2n) is 7.54. The van der Waals surface area contributed by atoms with Gasteiger partial charge in [0.2, 0.25) is 11.9 Å². The minimum Gasteiger partial charge on any atom is -0.369 e. The molecule has 28 heavy (non-hydrogen) atoms. The Morgan fingerprint density at radius 3 is 2.79 bits per heavy atom. The molecule has 1 aromatic rings. The van der Waals surface area contributed by atoms with Crippen molar-refractivity contribution in [2.75, 3.05) is 34.8 Å². The van der Waals surface area contributed by atoms with Gasteiger partial charge in [-0.2, -0.15) is 11.8 Å². The lowest BCUT2D eigenvalue weighted by Crippen LogP contribution is -2.44. The van der Waals surface area contributed by atoms with E-state index in [1.54, 1.807) is 6.07 Å². The molecule has 8 nitrogen and oxygen atoms in total. The van der Waals surface area contributed by atoms with Crippen LogP contribution in [0.2, 0.25) is 5.02 Å². The van der Waals surface area contributed by atoms with Gasteiger partial charge in [-0.05, 0) is 24.6 Å². The molecule has 1 saturated carbocycles. The van der Waals surface area contributed by atoms with Gasteiger partial charge in [0, 0.05) is 60.0 Å². The standard InChI is InChI=1S/C18H24ClN5O3S/c19-14-9-11(1-4-16(14)23-5-7-28-8-6-23)20-18(25)17-13-10-12(24(26)27)2-3-15(13)21-22-17/h1,4,9,12-13,15,17,21-22H,2-3,5-8,10H2,(H,20,25). The highest BCUT2D eigenvalue weighted by atomic mass is 35.5. The van der Waals surface area contributed by atoms with Crippen molar-refractivity contribution < 1.29 is 9.72 Å². The highest BCUT2D eigenvalue weighted by molar-refractivity contribution is 7.99. The zero-order chi connectivity index (χ0) is 19.7. The fourth-order valence-electron chi connectivity index (χ4n) is 4.35. The van der Waals surface area contributed by atoms with Gasteiger partial charge in [0.15, 0.2) is 0 Å². The molecule has 1 aromatic carbocycles. The van der Waals surface area contributed by atoms with Crippen LogP contribution < -0.4 is 21.1 Å². The Morgan fingerprint density at radius 2 is 2.07 bits per heavy atom. The quantitative estimate of drug-likeness (QED) is 0.502. The molecule has 10 heteroatoms. The van der Waals surface area contributed by atoms with Crippen molar-refractivity contribution in [3.8, 4) is 0 Å². The SMILES string of the molecule is O=C(Nc1ccc(N2CCSCC2)c(Cl)c1)C1NNC2CCC([N+](=O)[O-])CC21. The topological polar surface area (TPSA) is 99.5 Å². The molecule has 3 aliphatic rings. The summed E-state index contributed by atoms with van der Waals surface area (Å²) in [6.07, 6.45) is 1.65. The van der Waals surface area contributed by atoms with Crippen molar-refractivity contribution in [3.05, 3.63) is 33.3 Å². The fraction of sp³-hybridized carbons (Fsp3) is 0.611. The number of nitrogens with zero attached hydrogens (tertiary/aromatic N) is 2. The first kappa shape index (κ1) is 19.8. The summed E-state index contributed by atoms with van der Waals surface area (Å²) in [5.74, 6) is 1.89. The van der Waals surface area contributed by atoms with Crippen LogP contribution in [0.5, 0.6) is 0 Å². The minimum absolute atomic E-state index is 0.0925. The number of benzene rings is 1. The lowest BCUT2D eigenvalue weighted by atomic mass is 9.79. The predicted molar refractivity (Wildman–Crippen MR) is 112 cm³/mol. The second kappa shape index (κ2) is 8.44. The Kier molecular flexibility index (Phi) is 5.96. The van der Waals surface area contributed by atoms with Crippen LogP contribution in [0.1, 0.15) is 19.3 Å². The van der Waals surface area contributed by atoms with E-state index in [9.17, 15) is 14.9 Å². The van der Waals surface area contributed by atoms with Crippen LogP contribution in [0.25, 0.3) is 0 Å². The Bertz CT molecular complexity index is 761. The number of carbonyl (C=O) groups excluding carboxylic acids is 1. The summed E-state index contributed by atoms with van der Waals surface area (Å²) in [5.41, 5.74) is 7.78. The third-order valence-corrected chi connectivity index (χ3v) is 7.12. The van der Waals surface area contributed by atoms with Crippen molar-refractivity contribution in [2.45, 2.75) is 37.4 Å². The van der Waals surface area contributed by atoms with E-state index in [1.807, 2.05) is 23.9 Å². The molecule has 1 amide bonds. The number of hydrazine groups is 1. The Morgan fingerprint density at radius 1 is 1.29 bits per heavy atom. The van der Waals surface area contributed by atoms with Crippen molar-refractivity contribution in [2.24, 2.45) is 5.92 Å². The minimum atomic E-state index is -0.574. The number of carbonyl (C=O) groups is 1. The van der Waals surface area contributed by atoms with Gasteiger partial charge < -0.3 is 10.2 Å². The maximum absolute atomic E-state index is 12.8. The third-order valence-electron chi connectivity index (χ3n) is 5.87. The molecule has 1 aliphatic carbocycles. The summed E-state index contributed by atoms with van der Waals surface area (Å²) in [6, 6.07) is 4.61. The molecular formula is C18H24ClN5O3S. The number of nitro groups is 1. The number of halogens is 1. The lowest BCUT2D eigenvalue weighted by Gasteiger charge is -2.29. The summed E-state index contributed by atoms with van der Waals surface area (Å²) in [5, 5.41) is 14.7. The first-order chi connectivity index (χ1) is 13.5. The molecule has 2 aliphatic heterocycles. The summed E-state index contributed by atoms with van der Waals surface area (Å²) < 4.78 is 0. The van der Waals surface area contributed by atoms with Crippen LogP contribution >= 0.6 is 23.4 Å². The van der Waals surface area contributed by atoms with Crippen LogP contribution in [0, 0.1) is 16.0 Å². The molecule has 2 saturated heterocycles. The van der Waals surface area contributed by atoms with Crippen molar-refractivity contribution in [1.82, 2.24) is 10.9 Å². The number of hydrogen-bond acceptors (Lipinski definition) is 7. The van der Waals surface area contributed by atoms with Crippen molar-refractivity contribution >= 4 is 40.6 Å². The molecular weight excluding hydrogens is 402 g/mol. The molecule has 0 aromatic heterocycles. The monoisotopic (exact) mass is 425 g/mol. The average Bonchev–Trinajstić information content (AvgIpc) is 3.12. The summed E-state index contributed by atoms with van der Waals surface area (Å²) in [6.45, 7) is 1.93. The van der Waals surface area contributed by atoms with Gasteiger partial charge in [0.1, 0.15) is 6.04 Å². The van der Waals surface area contributed by atoms with Gasteiger partial charge in [0.05, 0.1) is 10.7 Å². The normalized spacial score (nSPS) is 30.0. The van der Waals surface area contributed by atoms with Gasteiger partial charge in [-0.3, -0.25) is 20.3 Å². The fourth-order valence-corrected chi connectivity index (χ4v) is 5.55. The molecule has 4 rings (SSSR count). The van der Waals surface area contributed by atoms with Gasteiger partial charge >= 0.3 is 0 Å². The molecule has 3 fully saturated rings. The van der Waals surface area contributed by atoms with Crippen molar-refractivity contribution in [3.63, 3.8) is 0 Å². The molecule has 4 atom stereocenters. The number of fused-ring (bicyclic) bond motifs is 1. The van der Waals surface area contributed by atoms with Crippen LogP contribution in [0.4, 0.5) is 11.4 Å². The molecule has 0 bridgehead atoms. The number of thioether (sulfide) groups is 1. The van der Waals surface area contributed by atoms with Crippen LogP contribution in [-0.4, -0.2) is 53.6 Å². The van der Waals surface area contributed by atoms with Gasteiger partial charge in [-0.25, -0.2) is 5.43 Å². The average molecular weight is 426 g/mol. The third kappa shape index (κ3) is 4.07. The number of rotatable bonds is 4. The van der Waals surface area contributed by atoms with Gasteiger partial charge in [-0.15, -0.1) is 0 Å². The van der Waals surface area contributed by atoms with E-state index in [0.29, 0.717) is 30.0 Å². The number of anilines is 2. The van der Waals surface area contributed by atoms with Gasteiger partial charge in [-0.1, -0.05) is 11.6 Å². The summed E-state index contributed by atoms with van der Waals surface area (Å²) in [4.78, 5) is 26.0. The van der Waals surface area contributed by atoms with Gasteiger partial charge in [0.25, 0.3) is 0 Å². The zero-order valence-corrected chi connectivity index (χ0v) is 17.0. The van der Waals surface area contributed by atoms with E-state index >= 15 is 0 Å². The highest BCUT2D eigenvalue weighted by Gasteiger charge is 2.46. The molecule has 0 spiro atoms. The van der Waals surface area contributed by atoms with Crippen molar-refractivity contribution in [1.29, 1.82) is 0 Å². The molecule has 0 radical (unpaired) electrons. The Balaban J connectivity index is 1.42. The lowest BCUT2D eigenvalue weighted by molar-refractivity contribution is -0.528. The maximum atomic E-state index is 12.8. The Hall–Kier alpha value is -1.55. The molecule has 152 valence electrons. The largest absolute Gasteiger partial charge is 0.369 e. The first-order valence-corrected chi connectivity index (χ1v) is 11.1. The predicted octanol–water partition coefficient (Wildman–Crippen LogP) is 2.12. The first-order valence-electron chi connectivity index (χ1n) is 9.60. The smallest absolute Gasteiger partial charge is 0.243 e. The van der Waals surface area contributed by atoms with E-state index < -0.39 is 12.1 Å². The van der Waals surface area contributed by atoms with Crippen LogP contribution in [0.15, 0.2) is 18.2 Å². The highest BCUT2D eigenvalue weighted by Crippen LogP contribution is 2.33. The summed E-state index contributed by atoms with van der Waals surface area (Å²) in [7, 11) is 0. The molecule has 2 heterocycles. The van der Waals surface area contributed by atoms with Crippen LogP contribution in [0.3, 0.4) is 0 Å². The van der Waals surface area contributed by atoms with Crippen LogP contribution in [-0.2, 0) is 4.79 Å². The number of nitrogens with one attached hydrogen (secondary N) is 3. The van der Waals surface area contributed by atoms with E-state index in [1.165, 1.54) is 0 Å². The molecule has 4 unspecified atom stereocenters. The molecule has 3 N–H and O–H groups in total. The maximum Gasteiger partial charge on any atom is 0.243 e. The number of hydrogen-bond donors (Lipinski definition) is 3. The summed E-state index contributed by atoms with van der Waals surface area (Å²) >= 11 is 8.41. The van der Waals surface area contributed by atoms with E-state index in [-0.39, 0.29) is 22.8 Å². The zero-order valence-electron chi connectivity index (χ0n) is 15.4. The van der Waals surface area contributed by atoms with E-state index in [4.69, 9.17) is 11.6 Å². The van der Waals surface area contributed by atoms with E-state index in [0.717, 1.165) is 30.3 Å². The number of amides is 1. The Labute approximate surface area is 172 Å². The van der Waals surface area contributed by atoms with E-state index in [2.05, 4.69) is 21.1 Å².